The summed E-state index contributed by atoms with van der Waals surface area (Å²) in [7, 11) is 0. The van der Waals surface area contributed by atoms with Crippen LogP contribution in [0.5, 0.6) is 0 Å². The molecule has 2 rings (SSSR count). The van der Waals surface area contributed by atoms with Crippen molar-refractivity contribution in [3.05, 3.63) is 41.0 Å². The SMILES string of the molecule is CC(C)c1ccc(Cl)c2ncccc12. The number of benzene rings is 1. The van der Waals surface area contributed by atoms with Gasteiger partial charge in [-0.15, -0.1) is 0 Å². The highest BCUT2D eigenvalue weighted by Gasteiger charge is 2.07. The van der Waals surface area contributed by atoms with E-state index in [1.165, 1.54) is 5.56 Å². The lowest BCUT2D eigenvalue weighted by Gasteiger charge is -2.09. The number of halogens is 1. The van der Waals surface area contributed by atoms with Crippen LogP contribution in [0.4, 0.5) is 0 Å². The smallest absolute Gasteiger partial charge is 0.0890 e. The summed E-state index contributed by atoms with van der Waals surface area (Å²) in [5.74, 6) is 0.499. The van der Waals surface area contributed by atoms with Crippen molar-refractivity contribution in [1.82, 2.24) is 4.98 Å². The quantitative estimate of drug-likeness (QED) is 0.686. The van der Waals surface area contributed by atoms with Gasteiger partial charge in [-0.05, 0) is 23.6 Å². The Kier molecular flexibility index (Phi) is 2.42. The van der Waals surface area contributed by atoms with Crippen molar-refractivity contribution in [2.24, 2.45) is 0 Å². The average Bonchev–Trinajstić information content (AvgIpc) is 2.18. The minimum atomic E-state index is 0.499. The maximum Gasteiger partial charge on any atom is 0.0890 e. The lowest BCUT2D eigenvalue weighted by atomic mass is 9.98. The van der Waals surface area contributed by atoms with Gasteiger partial charge in [-0.2, -0.15) is 0 Å². The van der Waals surface area contributed by atoms with Crippen molar-refractivity contribution in [3.63, 3.8) is 0 Å². The van der Waals surface area contributed by atoms with Gasteiger partial charge in [0, 0.05) is 11.6 Å². The Morgan fingerprint density at radius 1 is 1.21 bits per heavy atom. The van der Waals surface area contributed by atoms with Gasteiger partial charge in [0.15, 0.2) is 0 Å². The molecule has 1 aromatic carbocycles. The van der Waals surface area contributed by atoms with E-state index in [0.29, 0.717) is 5.92 Å². The highest BCUT2D eigenvalue weighted by molar-refractivity contribution is 6.35. The summed E-state index contributed by atoms with van der Waals surface area (Å²) >= 11 is 6.07. The minimum absolute atomic E-state index is 0.499. The van der Waals surface area contributed by atoms with Crippen molar-refractivity contribution in [3.8, 4) is 0 Å². The molecule has 1 nitrogen and oxygen atoms in total. The fraction of sp³-hybridized carbons (Fsp3) is 0.250. The first-order chi connectivity index (χ1) is 6.70. The first kappa shape index (κ1) is 9.47. The molecule has 0 unspecified atom stereocenters. The van der Waals surface area contributed by atoms with Gasteiger partial charge in [0.05, 0.1) is 10.5 Å². The fourth-order valence-electron chi connectivity index (χ4n) is 1.66. The molecule has 0 aliphatic carbocycles. The van der Waals surface area contributed by atoms with E-state index in [0.717, 1.165) is 15.9 Å². The third-order valence-electron chi connectivity index (χ3n) is 2.38. The number of fused-ring (bicyclic) bond motifs is 1. The summed E-state index contributed by atoms with van der Waals surface area (Å²) in [5, 5.41) is 1.89. The van der Waals surface area contributed by atoms with E-state index in [1.807, 2.05) is 12.1 Å². The Morgan fingerprint density at radius 2 is 2.00 bits per heavy atom. The molecule has 0 radical (unpaired) electrons. The lowest BCUT2D eigenvalue weighted by Crippen LogP contribution is -1.90. The predicted octanol–water partition coefficient (Wildman–Crippen LogP) is 4.01. The number of nitrogens with zero attached hydrogens (tertiary/aromatic N) is 1. The van der Waals surface area contributed by atoms with Gasteiger partial charge in [-0.1, -0.05) is 37.6 Å². The molecule has 0 N–H and O–H groups in total. The van der Waals surface area contributed by atoms with Crippen molar-refractivity contribution in [2.75, 3.05) is 0 Å². The zero-order chi connectivity index (χ0) is 10.1. The van der Waals surface area contributed by atoms with Crippen LogP contribution in [-0.4, -0.2) is 4.98 Å². The van der Waals surface area contributed by atoms with E-state index >= 15 is 0 Å². The van der Waals surface area contributed by atoms with E-state index in [-0.39, 0.29) is 0 Å². The maximum absolute atomic E-state index is 6.07. The topological polar surface area (TPSA) is 12.9 Å². The molecule has 0 saturated carbocycles. The van der Waals surface area contributed by atoms with Gasteiger partial charge in [0.25, 0.3) is 0 Å². The van der Waals surface area contributed by atoms with Crippen LogP contribution in [0.25, 0.3) is 10.9 Å². The molecular formula is C12H12ClN. The average molecular weight is 206 g/mol. The van der Waals surface area contributed by atoms with E-state index in [9.17, 15) is 0 Å². The molecule has 0 aliphatic rings. The van der Waals surface area contributed by atoms with Gasteiger partial charge in [0.2, 0.25) is 0 Å². The highest BCUT2D eigenvalue weighted by Crippen LogP contribution is 2.28. The monoisotopic (exact) mass is 205 g/mol. The van der Waals surface area contributed by atoms with Gasteiger partial charge < -0.3 is 0 Å². The molecule has 1 aromatic heterocycles. The summed E-state index contributed by atoms with van der Waals surface area (Å²) in [6.07, 6.45) is 1.78. The summed E-state index contributed by atoms with van der Waals surface area (Å²) in [4.78, 5) is 4.29. The van der Waals surface area contributed by atoms with Crippen LogP contribution in [-0.2, 0) is 0 Å². The summed E-state index contributed by atoms with van der Waals surface area (Å²) in [6.45, 7) is 4.35. The molecule has 0 amide bonds. The first-order valence-electron chi connectivity index (χ1n) is 4.73. The number of hydrogen-bond acceptors (Lipinski definition) is 1. The Bertz CT molecular complexity index is 463. The van der Waals surface area contributed by atoms with Crippen LogP contribution >= 0.6 is 11.6 Å². The highest BCUT2D eigenvalue weighted by atomic mass is 35.5. The fourth-order valence-corrected chi connectivity index (χ4v) is 1.88. The van der Waals surface area contributed by atoms with E-state index in [2.05, 4.69) is 31.0 Å². The van der Waals surface area contributed by atoms with Gasteiger partial charge in [-0.25, -0.2) is 0 Å². The van der Waals surface area contributed by atoms with Crippen LogP contribution in [0.15, 0.2) is 30.5 Å². The minimum Gasteiger partial charge on any atom is -0.255 e. The summed E-state index contributed by atoms with van der Waals surface area (Å²) < 4.78 is 0. The van der Waals surface area contributed by atoms with Crippen LogP contribution in [0.2, 0.25) is 5.02 Å². The normalized spacial score (nSPS) is 11.1. The predicted molar refractivity (Wildman–Crippen MR) is 60.8 cm³/mol. The van der Waals surface area contributed by atoms with Gasteiger partial charge >= 0.3 is 0 Å². The van der Waals surface area contributed by atoms with E-state index in [1.54, 1.807) is 6.20 Å². The molecule has 0 aliphatic heterocycles. The van der Waals surface area contributed by atoms with Crippen molar-refractivity contribution in [1.29, 1.82) is 0 Å². The molecule has 14 heavy (non-hydrogen) atoms. The van der Waals surface area contributed by atoms with Crippen LogP contribution < -0.4 is 0 Å². The molecule has 0 atom stereocenters. The second kappa shape index (κ2) is 3.58. The third kappa shape index (κ3) is 1.48. The Balaban J connectivity index is 2.82. The Hall–Kier alpha value is -1.08. The van der Waals surface area contributed by atoms with E-state index in [4.69, 9.17) is 11.6 Å². The van der Waals surface area contributed by atoms with Crippen molar-refractivity contribution < 1.29 is 0 Å². The zero-order valence-corrected chi connectivity index (χ0v) is 9.05. The second-order valence-corrected chi connectivity index (χ2v) is 4.10. The molecule has 1 heterocycles. The molecule has 2 heteroatoms. The summed E-state index contributed by atoms with van der Waals surface area (Å²) in [6, 6.07) is 8.03. The largest absolute Gasteiger partial charge is 0.255 e. The molecule has 2 aromatic rings. The second-order valence-electron chi connectivity index (χ2n) is 3.69. The van der Waals surface area contributed by atoms with Crippen molar-refractivity contribution in [2.45, 2.75) is 19.8 Å². The molecule has 0 fully saturated rings. The molecule has 0 saturated heterocycles. The van der Waals surface area contributed by atoms with E-state index < -0.39 is 0 Å². The summed E-state index contributed by atoms with van der Waals surface area (Å²) in [5.41, 5.74) is 2.21. The van der Waals surface area contributed by atoms with Gasteiger partial charge in [-0.3, -0.25) is 4.98 Å². The molecule has 72 valence electrons. The van der Waals surface area contributed by atoms with Gasteiger partial charge in [0.1, 0.15) is 0 Å². The van der Waals surface area contributed by atoms with Crippen LogP contribution in [0.3, 0.4) is 0 Å². The Morgan fingerprint density at radius 3 is 2.71 bits per heavy atom. The third-order valence-corrected chi connectivity index (χ3v) is 2.68. The van der Waals surface area contributed by atoms with Crippen LogP contribution in [0.1, 0.15) is 25.3 Å². The first-order valence-corrected chi connectivity index (χ1v) is 5.11. The number of aromatic nitrogens is 1. The Labute approximate surface area is 88.7 Å². The maximum atomic E-state index is 6.07. The van der Waals surface area contributed by atoms with Crippen molar-refractivity contribution >= 4 is 22.5 Å². The molecule has 0 spiro atoms. The number of pyridine rings is 1. The van der Waals surface area contributed by atoms with Crippen LogP contribution in [0, 0.1) is 0 Å². The lowest BCUT2D eigenvalue weighted by molar-refractivity contribution is 0.876. The zero-order valence-electron chi connectivity index (χ0n) is 8.29. The molecular weight excluding hydrogens is 194 g/mol. The molecule has 0 bridgehead atoms. The number of hydrogen-bond donors (Lipinski definition) is 0. The standard InChI is InChI=1S/C12H12ClN/c1-8(2)9-5-6-11(13)12-10(9)4-3-7-14-12/h3-8H,1-2H3. The number of rotatable bonds is 1.